The molecule has 6 aromatic carbocycles. The van der Waals surface area contributed by atoms with Gasteiger partial charge in [0.15, 0.2) is 0 Å². The van der Waals surface area contributed by atoms with Crippen LogP contribution in [0.2, 0.25) is 0 Å². The zero-order valence-corrected chi connectivity index (χ0v) is 27.6. The number of para-hydroxylation sites is 3. The zero-order valence-electron chi connectivity index (χ0n) is 26.8. The minimum Gasteiger partial charge on any atom is -0.341 e. The fourth-order valence-electron chi connectivity index (χ4n) is 7.73. The van der Waals surface area contributed by atoms with E-state index in [2.05, 4.69) is 169 Å². The Morgan fingerprint density at radius 3 is 1.89 bits per heavy atom. The van der Waals surface area contributed by atoms with Gasteiger partial charge in [-0.2, -0.15) is 0 Å². The van der Waals surface area contributed by atoms with Crippen molar-refractivity contribution in [2.24, 2.45) is 0 Å². The average molecular weight is 625 g/mol. The lowest BCUT2D eigenvalue weighted by atomic mass is 9.81. The van der Waals surface area contributed by atoms with Gasteiger partial charge in [0.1, 0.15) is 0 Å². The first-order valence-electron chi connectivity index (χ1n) is 16.6. The first-order valence-corrected chi connectivity index (χ1v) is 17.5. The van der Waals surface area contributed by atoms with E-state index in [4.69, 9.17) is 0 Å². The molecule has 2 heterocycles. The normalized spacial score (nSPS) is 15.5. The summed E-state index contributed by atoms with van der Waals surface area (Å²) < 4.78 is 0. The van der Waals surface area contributed by atoms with Crippen LogP contribution in [0.15, 0.2) is 143 Å². The maximum absolute atomic E-state index is 2.51. The van der Waals surface area contributed by atoms with Gasteiger partial charge in [0, 0.05) is 38.8 Å². The Kier molecular flexibility index (Phi) is 6.65. The van der Waals surface area contributed by atoms with E-state index in [0.717, 1.165) is 13.0 Å². The number of aryl methyl sites for hydroxylation is 1. The van der Waals surface area contributed by atoms with E-state index < -0.39 is 0 Å². The topological polar surface area (TPSA) is 6.48 Å². The maximum atomic E-state index is 2.51. The van der Waals surface area contributed by atoms with Gasteiger partial charge in [0.25, 0.3) is 0 Å². The van der Waals surface area contributed by atoms with Crippen LogP contribution in [0.4, 0.5) is 28.4 Å². The Morgan fingerprint density at radius 2 is 1.15 bits per heavy atom. The van der Waals surface area contributed by atoms with Crippen molar-refractivity contribution >= 4 is 52.4 Å². The molecule has 2 nitrogen and oxygen atoms in total. The zero-order chi connectivity index (χ0) is 31.5. The van der Waals surface area contributed by atoms with Crippen molar-refractivity contribution in [1.29, 1.82) is 0 Å². The van der Waals surface area contributed by atoms with Crippen LogP contribution in [-0.4, -0.2) is 6.54 Å². The van der Waals surface area contributed by atoms with Gasteiger partial charge in [-0.3, -0.25) is 0 Å². The molecule has 0 unspecified atom stereocenters. The standard InChI is InChI=1S/C44H36N2S/c1-44(2)37-28-31(21-25-35(37)36-26-24-34(29-38(36)44)45-27-9-11-32-10-3-4-12-39(32)45)18-17-30-19-22-33(23-20-30)46-40-13-5-7-15-42(40)47-43-16-8-6-14-41(43)46/h3-8,10,12-26,28-29H,9,11,27H2,1-2H3/b18-17+. The summed E-state index contributed by atoms with van der Waals surface area (Å²) >= 11 is 1.84. The summed E-state index contributed by atoms with van der Waals surface area (Å²) in [6.07, 6.45) is 6.85. The van der Waals surface area contributed by atoms with Gasteiger partial charge in [-0.25, -0.2) is 0 Å². The van der Waals surface area contributed by atoms with E-state index >= 15 is 0 Å². The van der Waals surface area contributed by atoms with E-state index in [9.17, 15) is 0 Å². The van der Waals surface area contributed by atoms with E-state index in [1.165, 1.54) is 83.6 Å². The van der Waals surface area contributed by atoms with Crippen molar-refractivity contribution in [2.45, 2.75) is 41.9 Å². The van der Waals surface area contributed by atoms with Gasteiger partial charge in [-0.1, -0.05) is 117 Å². The number of anilines is 5. The van der Waals surface area contributed by atoms with Crippen LogP contribution >= 0.6 is 11.8 Å². The molecule has 47 heavy (non-hydrogen) atoms. The van der Waals surface area contributed by atoms with Crippen LogP contribution in [0.5, 0.6) is 0 Å². The third-order valence-corrected chi connectivity index (χ3v) is 11.3. The summed E-state index contributed by atoms with van der Waals surface area (Å²) in [7, 11) is 0. The molecule has 2 aliphatic heterocycles. The summed E-state index contributed by atoms with van der Waals surface area (Å²) in [5.41, 5.74) is 15.6. The number of fused-ring (bicyclic) bond motifs is 6. The summed E-state index contributed by atoms with van der Waals surface area (Å²) in [6, 6.07) is 49.3. The third-order valence-electron chi connectivity index (χ3n) is 10.2. The van der Waals surface area contributed by atoms with Crippen LogP contribution in [-0.2, 0) is 11.8 Å². The molecule has 0 bridgehead atoms. The fourth-order valence-corrected chi connectivity index (χ4v) is 8.78. The van der Waals surface area contributed by atoms with Crippen LogP contribution in [0.25, 0.3) is 23.3 Å². The number of benzene rings is 6. The van der Waals surface area contributed by atoms with Gasteiger partial charge in [-0.05, 0) is 106 Å². The quantitative estimate of drug-likeness (QED) is 0.180. The summed E-state index contributed by atoms with van der Waals surface area (Å²) in [5, 5.41) is 0. The van der Waals surface area contributed by atoms with Crippen LogP contribution in [0.1, 0.15) is 48.1 Å². The second-order valence-electron chi connectivity index (χ2n) is 13.3. The third kappa shape index (κ3) is 4.72. The Balaban J connectivity index is 0.987. The van der Waals surface area contributed by atoms with Crippen LogP contribution < -0.4 is 9.80 Å². The number of hydrogen-bond donors (Lipinski definition) is 0. The number of hydrogen-bond acceptors (Lipinski definition) is 3. The maximum Gasteiger partial charge on any atom is 0.0601 e. The number of nitrogens with zero attached hydrogens (tertiary/aromatic N) is 2. The van der Waals surface area contributed by atoms with Gasteiger partial charge in [0.05, 0.1) is 11.4 Å². The number of rotatable bonds is 4. The molecule has 0 saturated carbocycles. The Bertz CT molecular complexity index is 2150. The molecule has 3 aliphatic rings. The fraction of sp³-hybridized carbons (Fsp3) is 0.136. The minimum absolute atomic E-state index is 0.0687. The molecule has 6 aromatic rings. The SMILES string of the molecule is CC1(C)c2cc(/C=C/c3ccc(N4c5ccccc5Sc5ccccc54)cc3)ccc2-c2ccc(N3CCCc4ccccc43)cc21. The second-order valence-corrected chi connectivity index (χ2v) is 14.4. The van der Waals surface area contributed by atoms with Crippen molar-refractivity contribution in [3.8, 4) is 11.1 Å². The van der Waals surface area contributed by atoms with Crippen molar-refractivity contribution < 1.29 is 0 Å². The Hall–Kier alpha value is -4.99. The smallest absolute Gasteiger partial charge is 0.0601 e. The lowest BCUT2D eigenvalue weighted by molar-refractivity contribution is 0.659. The van der Waals surface area contributed by atoms with Gasteiger partial charge in [0.2, 0.25) is 0 Å². The predicted octanol–water partition coefficient (Wildman–Crippen LogP) is 12.2. The average Bonchev–Trinajstić information content (AvgIpc) is 3.34. The highest BCUT2D eigenvalue weighted by Gasteiger charge is 2.36. The molecular formula is C44H36N2S. The van der Waals surface area contributed by atoms with E-state index in [0.29, 0.717) is 0 Å². The van der Waals surface area contributed by atoms with Crippen molar-refractivity contribution in [1.82, 2.24) is 0 Å². The predicted molar refractivity (Wildman–Crippen MR) is 200 cm³/mol. The molecule has 0 spiro atoms. The molecule has 0 aromatic heterocycles. The van der Waals surface area contributed by atoms with Crippen molar-refractivity contribution in [3.05, 3.63) is 161 Å². The molecule has 228 valence electrons. The largest absolute Gasteiger partial charge is 0.341 e. The lowest BCUT2D eigenvalue weighted by Gasteiger charge is -2.32. The van der Waals surface area contributed by atoms with Gasteiger partial charge in [-0.15, -0.1) is 0 Å². The molecule has 9 rings (SSSR count). The van der Waals surface area contributed by atoms with Gasteiger partial charge >= 0.3 is 0 Å². The van der Waals surface area contributed by atoms with Crippen LogP contribution in [0.3, 0.4) is 0 Å². The van der Waals surface area contributed by atoms with E-state index in [1.807, 2.05) is 11.8 Å². The molecule has 1 aliphatic carbocycles. The monoisotopic (exact) mass is 624 g/mol. The summed E-state index contributed by atoms with van der Waals surface area (Å²) in [6.45, 7) is 5.83. The van der Waals surface area contributed by atoms with Crippen molar-refractivity contribution in [2.75, 3.05) is 16.3 Å². The minimum atomic E-state index is -0.0687. The highest BCUT2D eigenvalue weighted by atomic mass is 32.2. The molecule has 3 heteroatoms. The second kappa shape index (κ2) is 11.1. The highest BCUT2D eigenvalue weighted by Crippen LogP contribution is 2.52. The highest BCUT2D eigenvalue weighted by molar-refractivity contribution is 7.99. The summed E-state index contributed by atoms with van der Waals surface area (Å²) in [4.78, 5) is 7.46. The summed E-state index contributed by atoms with van der Waals surface area (Å²) in [5.74, 6) is 0. The molecule has 0 atom stereocenters. The molecule has 0 saturated heterocycles. The first kappa shape index (κ1) is 28.3. The molecule has 0 radical (unpaired) electrons. The molecule has 0 N–H and O–H groups in total. The molecule has 0 amide bonds. The van der Waals surface area contributed by atoms with E-state index in [-0.39, 0.29) is 5.41 Å². The Labute approximate surface area is 282 Å². The molecule has 0 fully saturated rings. The van der Waals surface area contributed by atoms with Crippen molar-refractivity contribution in [3.63, 3.8) is 0 Å². The van der Waals surface area contributed by atoms with Gasteiger partial charge < -0.3 is 9.80 Å². The van der Waals surface area contributed by atoms with E-state index in [1.54, 1.807) is 0 Å². The first-order chi connectivity index (χ1) is 23.0. The lowest BCUT2D eigenvalue weighted by Crippen LogP contribution is -2.25. The van der Waals surface area contributed by atoms with Crippen LogP contribution in [0, 0.1) is 0 Å². The molecular weight excluding hydrogens is 589 g/mol. The Morgan fingerprint density at radius 1 is 0.574 bits per heavy atom.